The van der Waals surface area contributed by atoms with Gasteiger partial charge in [-0.05, 0) is 77.5 Å². The van der Waals surface area contributed by atoms with E-state index in [0.29, 0.717) is 19.3 Å². The molecule has 0 aliphatic heterocycles. The Hall–Kier alpha value is -2.76. The standard InChI is InChI=1S/C40H58O5/c1-29(17-13-19-31(3)21-22-35-36(5,6)25-33(41)27-38(35,9)43)15-11-12-16-30(2)18-14-20-32(4)23-24-40(45)37(7,8)26-34(42)28-39(40,10)44/h11-21,23-24,33-34,41-45H,25-28H2,1-10H3/b12-11+,17-13+,18-14+,24-23+,29-15+,30-16+,31-19+,32-20+/t22?,33-,34-,38+,39+,40-/m0/s1. The highest BCUT2D eigenvalue weighted by Gasteiger charge is 2.58. The van der Waals surface area contributed by atoms with Crippen molar-refractivity contribution < 1.29 is 25.5 Å². The van der Waals surface area contributed by atoms with Crippen molar-refractivity contribution in [3.05, 3.63) is 113 Å². The van der Waals surface area contributed by atoms with E-state index in [1.165, 1.54) is 0 Å². The third-order valence-corrected chi connectivity index (χ3v) is 9.12. The Bertz CT molecular complexity index is 1320. The molecule has 0 bridgehead atoms. The quantitative estimate of drug-likeness (QED) is 0.135. The van der Waals surface area contributed by atoms with Crippen LogP contribution in [0.25, 0.3) is 0 Å². The average molecular weight is 619 g/mol. The highest BCUT2D eigenvalue weighted by molar-refractivity contribution is 5.34. The molecule has 0 amide bonds. The van der Waals surface area contributed by atoms with Crippen molar-refractivity contribution in [2.45, 2.75) is 124 Å². The monoisotopic (exact) mass is 618 g/mol. The lowest BCUT2D eigenvalue weighted by Crippen LogP contribution is -2.65. The molecule has 5 heteroatoms. The second-order valence-corrected chi connectivity index (χ2v) is 14.9. The van der Waals surface area contributed by atoms with Crippen molar-refractivity contribution in [2.24, 2.45) is 10.8 Å². The summed E-state index contributed by atoms with van der Waals surface area (Å²) in [4.78, 5) is 0. The van der Waals surface area contributed by atoms with Gasteiger partial charge in [-0.2, -0.15) is 0 Å². The van der Waals surface area contributed by atoms with Crippen molar-refractivity contribution in [1.29, 1.82) is 0 Å². The molecule has 5 N–H and O–H groups in total. The molecule has 5 atom stereocenters. The molecule has 5 nitrogen and oxygen atoms in total. The van der Waals surface area contributed by atoms with Gasteiger partial charge in [0.2, 0.25) is 0 Å². The summed E-state index contributed by atoms with van der Waals surface area (Å²) < 4.78 is 0. The molecule has 2 aliphatic rings. The Kier molecular flexibility index (Phi) is 13.0. The molecular formula is C40H58O5. The molecule has 0 aromatic rings. The highest BCUT2D eigenvalue weighted by Crippen LogP contribution is 2.50. The van der Waals surface area contributed by atoms with E-state index >= 15 is 0 Å². The zero-order valence-corrected chi connectivity index (χ0v) is 29.2. The van der Waals surface area contributed by atoms with Crippen molar-refractivity contribution in [1.82, 2.24) is 0 Å². The van der Waals surface area contributed by atoms with Crippen LogP contribution >= 0.6 is 0 Å². The summed E-state index contributed by atoms with van der Waals surface area (Å²) in [7, 11) is 0. The first-order chi connectivity index (χ1) is 20.6. The lowest BCUT2D eigenvalue weighted by Gasteiger charge is -2.54. The maximum Gasteiger partial charge on any atom is 0.117 e. The van der Waals surface area contributed by atoms with E-state index in [2.05, 4.69) is 5.73 Å². The fourth-order valence-corrected chi connectivity index (χ4v) is 6.74. The largest absolute Gasteiger partial charge is 0.393 e. The third kappa shape index (κ3) is 10.6. The summed E-state index contributed by atoms with van der Waals surface area (Å²) >= 11 is 0. The summed E-state index contributed by atoms with van der Waals surface area (Å²) in [5.41, 5.74) is 3.34. The Labute approximate surface area is 272 Å². The van der Waals surface area contributed by atoms with E-state index in [-0.39, 0.29) is 11.8 Å². The summed E-state index contributed by atoms with van der Waals surface area (Å²) in [6, 6.07) is 0. The number of hydrogen-bond acceptors (Lipinski definition) is 5. The molecule has 0 unspecified atom stereocenters. The van der Waals surface area contributed by atoms with Gasteiger partial charge < -0.3 is 25.5 Å². The summed E-state index contributed by atoms with van der Waals surface area (Å²) in [5, 5.41) is 53.4. The van der Waals surface area contributed by atoms with Gasteiger partial charge in [-0.25, -0.2) is 0 Å². The maximum absolute atomic E-state index is 11.4. The van der Waals surface area contributed by atoms with Crippen LogP contribution in [0.3, 0.4) is 0 Å². The van der Waals surface area contributed by atoms with Crippen molar-refractivity contribution in [2.75, 3.05) is 0 Å². The van der Waals surface area contributed by atoms with Gasteiger partial charge in [-0.3, -0.25) is 0 Å². The third-order valence-electron chi connectivity index (χ3n) is 9.12. The van der Waals surface area contributed by atoms with Gasteiger partial charge in [-0.15, -0.1) is 5.73 Å². The van der Waals surface area contributed by atoms with E-state index < -0.39 is 34.4 Å². The maximum atomic E-state index is 11.4. The lowest BCUT2D eigenvalue weighted by molar-refractivity contribution is -0.216. The minimum absolute atomic E-state index is 0.132. The number of rotatable bonds is 9. The van der Waals surface area contributed by atoms with Gasteiger partial charge in [0.15, 0.2) is 0 Å². The Balaban J connectivity index is 1.99. The molecule has 0 radical (unpaired) electrons. The van der Waals surface area contributed by atoms with E-state index in [9.17, 15) is 25.5 Å². The number of hydrogen-bond donors (Lipinski definition) is 5. The molecule has 0 aromatic carbocycles. The molecule has 2 saturated carbocycles. The predicted molar refractivity (Wildman–Crippen MR) is 187 cm³/mol. The Morgan fingerprint density at radius 3 is 1.60 bits per heavy atom. The second kappa shape index (κ2) is 15.2. The predicted octanol–water partition coefficient (Wildman–Crippen LogP) is 7.67. The van der Waals surface area contributed by atoms with Crippen molar-refractivity contribution >= 4 is 0 Å². The lowest BCUT2D eigenvalue weighted by atomic mass is 9.57. The van der Waals surface area contributed by atoms with Gasteiger partial charge in [0.1, 0.15) is 5.60 Å². The van der Waals surface area contributed by atoms with E-state index in [4.69, 9.17) is 0 Å². The molecular weight excluding hydrogens is 560 g/mol. The van der Waals surface area contributed by atoms with Crippen LogP contribution in [0.15, 0.2) is 113 Å². The van der Waals surface area contributed by atoms with Crippen LogP contribution in [0.1, 0.15) is 94.9 Å². The number of aliphatic hydroxyl groups is 5. The molecule has 0 aromatic heterocycles. The summed E-state index contributed by atoms with van der Waals surface area (Å²) in [5.74, 6) is 0. The fraction of sp³-hybridized carbons (Fsp3) is 0.525. The van der Waals surface area contributed by atoms with Gasteiger partial charge in [0, 0.05) is 23.8 Å². The summed E-state index contributed by atoms with van der Waals surface area (Å²) in [6.07, 6.45) is 25.8. The first-order valence-electron chi connectivity index (χ1n) is 16.0. The minimum Gasteiger partial charge on any atom is -0.393 e. The van der Waals surface area contributed by atoms with Crippen LogP contribution in [0.2, 0.25) is 0 Å². The summed E-state index contributed by atoms with van der Waals surface area (Å²) in [6.45, 7) is 19.2. The normalized spacial score (nSPS) is 33.5. The van der Waals surface area contributed by atoms with Crippen molar-refractivity contribution in [3.8, 4) is 0 Å². The van der Waals surface area contributed by atoms with E-state index in [1.807, 2.05) is 128 Å². The van der Waals surface area contributed by atoms with Crippen LogP contribution in [-0.4, -0.2) is 54.5 Å². The van der Waals surface area contributed by atoms with E-state index in [1.54, 1.807) is 19.9 Å². The minimum atomic E-state index is -1.45. The molecule has 2 aliphatic carbocycles. The Morgan fingerprint density at radius 1 is 0.622 bits per heavy atom. The first-order valence-corrected chi connectivity index (χ1v) is 16.0. The highest BCUT2D eigenvalue weighted by atomic mass is 16.4. The molecule has 45 heavy (non-hydrogen) atoms. The van der Waals surface area contributed by atoms with Gasteiger partial charge in [-0.1, -0.05) is 111 Å². The van der Waals surface area contributed by atoms with Gasteiger partial charge >= 0.3 is 0 Å². The SMILES string of the molecule is C\C(C=C=C1C(C)(C)C[C@H](O)C[C@@]1(C)O)=C/C=C/C(C)=C/C=C/C=C(C)/C=C/C=C(C)/C=C/[C@]1(O)C(C)(C)C[C@H](O)C[C@@]1(C)O. The Morgan fingerprint density at radius 2 is 1.09 bits per heavy atom. The van der Waals surface area contributed by atoms with Gasteiger partial charge in [0.25, 0.3) is 0 Å². The smallest absolute Gasteiger partial charge is 0.117 e. The molecule has 0 saturated heterocycles. The van der Waals surface area contributed by atoms with Crippen LogP contribution in [0.4, 0.5) is 0 Å². The number of allylic oxidation sites excluding steroid dienone is 15. The topological polar surface area (TPSA) is 101 Å². The van der Waals surface area contributed by atoms with Crippen LogP contribution in [0, 0.1) is 10.8 Å². The second-order valence-electron chi connectivity index (χ2n) is 14.9. The van der Waals surface area contributed by atoms with Crippen LogP contribution in [-0.2, 0) is 0 Å². The molecule has 2 rings (SSSR count). The van der Waals surface area contributed by atoms with E-state index in [0.717, 1.165) is 27.9 Å². The van der Waals surface area contributed by atoms with Gasteiger partial charge in [0.05, 0.1) is 23.4 Å². The zero-order chi connectivity index (χ0) is 34.3. The zero-order valence-electron chi connectivity index (χ0n) is 29.2. The average Bonchev–Trinajstić information content (AvgIpc) is 2.86. The van der Waals surface area contributed by atoms with Crippen molar-refractivity contribution in [3.63, 3.8) is 0 Å². The number of aliphatic hydroxyl groups excluding tert-OH is 2. The molecule has 248 valence electrons. The fourth-order valence-electron chi connectivity index (χ4n) is 6.74. The molecule has 0 spiro atoms. The molecule has 0 heterocycles. The first kappa shape index (κ1) is 38.4. The van der Waals surface area contributed by atoms with Crippen LogP contribution in [0.5, 0.6) is 0 Å². The molecule has 2 fully saturated rings. The van der Waals surface area contributed by atoms with Crippen LogP contribution < -0.4 is 0 Å².